The number of benzene rings is 2. The van der Waals surface area contributed by atoms with E-state index in [0.717, 1.165) is 5.56 Å². The maximum Gasteiger partial charge on any atom is 0.262 e. The van der Waals surface area contributed by atoms with Crippen LogP contribution < -0.4 is 5.56 Å². The Bertz CT molecular complexity index is 1100. The zero-order valence-electron chi connectivity index (χ0n) is 16.7. The van der Waals surface area contributed by atoms with Crippen molar-refractivity contribution in [3.05, 3.63) is 76.3 Å². The highest BCUT2D eigenvalue weighted by atomic mass is 16.2. The third kappa shape index (κ3) is 2.73. The van der Waals surface area contributed by atoms with Crippen LogP contribution in [0.25, 0.3) is 10.9 Å². The van der Waals surface area contributed by atoms with E-state index in [4.69, 9.17) is 4.98 Å². The second-order valence-electron chi connectivity index (χ2n) is 8.29. The highest BCUT2D eigenvalue weighted by molar-refractivity contribution is 5.86. The maximum absolute atomic E-state index is 13.6. The molecule has 1 aliphatic rings. The van der Waals surface area contributed by atoms with Gasteiger partial charge in [-0.05, 0) is 37.5 Å². The summed E-state index contributed by atoms with van der Waals surface area (Å²) in [7, 11) is 0. The summed E-state index contributed by atoms with van der Waals surface area (Å²) < 4.78 is 1.61. The molecule has 1 aliphatic heterocycles. The molecule has 2 heterocycles. The molecule has 0 aliphatic carbocycles. The SMILES string of the molecule is CC(C)[C@H]1c2nc3ccccc3c(=O)n2C(C)(C)C(=O)N1Cc1ccccc1. The Morgan fingerprint density at radius 2 is 1.64 bits per heavy atom. The van der Waals surface area contributed by atoms with Gasteiger partial charge in [-0.2, -0.15) is 0 Å². The molecule has 0 radical (unpaired) electrons. The van der Waals surface area contributed by atoms with Crippen molar-refractivity contribution in [2.24, 2.45) is 5.92 Å². The molecule has 0 bridgehead atoms. The van der Waals surface area contributed by atoms with Gasteiger partial charge in [0.25, 0.3) is 5.56 Å². The Labute approximate surface area is 164 Å². The standard InChI is InChI=1S/C23H25N3O2/c1-15(2)19-20-24-18-13-9-8-12-17(18)21(27)26(20)23(3,4)22(28)25(19)14-16-10-6-5-7-11-16/h5-13,15,19H,14H2,1-4H3/t19-/m0/s1. The van der Waals surface area contributed by atoms with Crippen molar-refractivity contribution in [2.45, 2.75) is 45.8 Å². The van der Waals surface area contributed by atoms with Crippen LogP contribution >= 0.6 is 0 Å². The van der Waals surface area contributed by atoms with Crippen LogP contribution in [0, 0.1) is 5.92 Å². The van der Waals surface area contributed by atoms with Crippen molar-refractivity contribution < 1.29 is 4.79 Å². The average Bonchev–Trinajstić information content (AvgIpc) is 2.66. The van der Waals surface area contributed by atoms with Crippen molar-refractivity contribution >= 4 is 16.8 Å². The lowest BCUT2D eigenvalue weighted by molar-refractivity contribution is -0.148. The lowest BCUT2D eigenvalue weighted by Gasteiger charge is -2.46. The number of hydrogen-bond donors (Lipinski definition) is 0. The van der Waals surface area contributed by atoms with Crippen LogP contribution in [0.4, 0.5) is 0 Å². The summed E-state index contributed by atoms with van der Waals surface area (Å²) in [5.74, 6) is 0.726. The molecule has 5 nitrogen and oxygen atoms in total. The molecular weight excluding hydrogens is 350 g/mol. The van der Waals surface area contributed by atoms with Crippen molar-refractivity contribution in [3.63, 3.8) is 0 Å². The van der Waals surface area contributed by atoms with Crippen LogP contribution in [0.3, 0.4) is 0 Å². The first-order valence-electron chi connectivity index (χ1n) is 9.69. The number of fused-ring (bicyclic) bond motifs is 2. The van der Waals surface area contributed by atoms with Gasteiger partial charge in [-0.3, -0.25) is 14.2 Å². The van der Waals surface area contributed by atoms with Crippen LogP contribution in [-0.2, 0) is 16.9 Å². The van der Waals surface area contributed by atoms with E-state index in [-0.39, 0.29) is 23.4 Å². The smallest absolute Gasteiger partial charge is 0.262 e. The molecule has 0 fully saturated rings. The molecule has 0 N–H and O–H groups in total. The number of para-hydroxylation sites is 1. The van der Waals surface area contributed by atoms with E-state index in [2.05, 4.69) is 13.8 Å². The molecule has 0 saturated heterocycles. The summed E-state index contributed by atoms with van der Waals surface area (Å²) in [6.07, 6.45) is 0. The van der Waals surface area contributed by atoms with E-state index >= 15 is 0 Å². The van der Waals surface area contributed by atoms with E-state index in [9.17, 15) is 9.59 Å². The molecule has 3 aromatic rings. The molecule has 5 heteroatoms. The summed E-state index contributed by atoms with van der Waals surface area (Å²) >= 11 is 0. The number of carbonyl (C=O) groups is 1. The zero-order chi connectivity index (χ0) is 20.1. The predicted molar refractivity (Wildman–Crippen MR) is 110 cm³/mol. The molecule has 0 saturated carbocycles. The summed E-state index contributed by atoms with van der Waals surface area (Å²) in [5, 5.41) is 0.547. The van der Waals surface area contributed by atoms with Gasteiger partial charge >= 0.3 is 0 Å². The number of rotatable bonds is 3. The number of nitrogens with zero attached hydrogens (tertiary/aromatic N) is 3. The van der Waals surface area contributed by atoms with Crippen molar-refractivity contribution in [2.75, 3.05) is 0 Å². The highest BCUT2D eigenvalue weighted by Gasteiger charge is 2.47. The molecule has 1 atom stereocenters. The highest BCUT2D eigenvalue weighted by Crippen LogP contribution is 2.38. The summed E-state index contributed by atoms with van der Waals surface area (Å²) in [5.41, 5.74) is 0.593. The lowest BCUT2D eigenvalue weighted by Crippen LogP contribution is -2.58. The van der Waals surface area contributed by atoms with Crippen LogP contribution in [0.15, 0.2) is 59.4 Å². The normalized spacial score (nSPS) is 18.5. The average molecular weight is 375 g/mol. The van der Waals surface area contributed by atoms with Gasteiger partial charge in [0.05, 0.1) is 16.9 Å². The summed E-state index contributed by atoms with van der Waals surface area (Å²) in [6.45, 7) is 8.25. The topological polar surface area (TPSA) is 55.2 Å². The van der Waals surface area contributed by atoms with Crippen LogP contribution in [-0.4, -0.2) is 20.4 Å². The third-order valence-electron chi connectivity index (χ3n) is 5.57. The minimum Gasteiger partial charge on any atom is -0.326 e. The van der Waals surface area contributed by atoms with E-state index in [1.807, 2.05) is 67.3 Å². The Balaban J connectivity index is 1.97. The largest absolute Gasteiger partial charge is 0.326 e. The van der Waals surface area contributed by atoms with Crippen LogP contribution in [0.1, 0.15) is 45.1 Å². The molecule has 4 rings (SSSR count). The molecule has 2 aromatic carbocycles. The molecule has 1 amide bonds. The Hall–Kier alpha value is -2.95. The van der Waals surface area contributed by atoms with Gasteiger partial charge < -0.3 is 4.90 Å². The van der Waals surface area contributed by atoms with Crippen molar-refractivity contribution in [1.29, 1.82) is 0 Å². The van der Waals surface area contributed by atoms with Gasteiger partial charge in [0, 0.05) is 6.54 Å². The number of amides is 1. The van der Waals surface area contributed by atoms with Crippen LogP contribution in [0.2, 0.25) is 0 Å². The first-order chi connectivity index (χ1) is 13.3. The van der Waals surface area contributed by atoms with Crippen LogP contribution in [0.5, 0.6) is 0 Å². The van der Waals surface area contributed by atoms with E-state index in [1.54, 1.807) is 10.6 Å². The third-order valence-corrected chi connectivity index (χ3v) is 5.57. The fourth-order valence-corrected chi connectivity index (χ4v) is 4.21. The Kier molecular flexibility index (Phi) is 4.33. The second kappa shape index (κ2) is 6.59. The molecule has 28 heavy (non-hydrogen) atoms. The molecule has 144 valence electrons. The maximum atomic E-state index is 13.6. The Morgan fingerprint density at radius 1 is 1.00 bits per heavy atom. The Morgan fingerprint density at radius 3 is 2.32 bits per heavy atom. The summed E-state index contributed by atoms with van der Waals surface area (Å²) in [4.78, 5) is 33.6. The minimum atomic E-state index is -0.996. The van der Waals surface area contributed by atoms with E-state index in [1.165, 1.54) is 0 Å². The van der Waals surface area contributed by atoms with Gasteiger partial charge in [0.15, 0.2) is 0 Å². The predicted octanol–water partition coefficient (Wildman–Crippen LogP) is 3.87. The number of aromatic nitrogens is 2. The zero-order valence-corrected chi connectivity index (χ0v) is 16.7. The first-order valence-corrected chi connectivity index (χ1v) is 9.69. The minimum absolute atomic E-state index is 0.0539. The quantitative estimate of drug-likeness (QED) is 0.698. The second-order valence-corrected chi connectivity index (χ2v) is 8.29. The lowest BCUT2D eigenvalue weighted by atomic mass is 9.90. The molecule has 1 aromatic heterocycles. The fraction of sp³-hybridized carbons (Fsp3) is 0.348. The molecule has 0 spiro atoms. The number of carbonyl (C=O) groups excluding carboxylic acids is 1. The fourth-order valence-electron chi connectivity index (χ4n) is 4.21. The van der Waals surface area contributed by atoms with Gasteiger partial charge in [-0.25, -0.2) is 4.98 Å². The molecular formula is C23H25N3O2. The molecule has 0 unspecified atom stereocenters. The van der Waals surface area contributed by atoms with E-state index in [0.29, 0.717) is 23.3 Å². The van der Waals surface area contributed by atoms with Gasteiger partial charge in [-0.1, -0.05) is 56.3 Å². The number of hydrogen-bond acceptors (Lipinski definition) is 3. The first kappa shape index (κ1) is 18.4. The van der Waals surface area contributed by atoms with Gasteiger partial charge in [0.1, 0.15) is 11.4 Å². The summed E-state index contributed by atoms with van der Waals surface area (Å²) in [6, 6.07) is 17.0. The van der Waals surface area contributed by atoms with Gasteiger partial charge in [0.2, 0.25) is 5.91 Å². The van der Waals surface area contributed by atoms with Crippen molar-refractivity contribution in [3.8, 4) is 0 Å². The van der Waals surface area contributed by atoms with E-state index < -0.39 is 5.54 Å². The van der Waals surface area contributed by atoms with Gasteiger partial charge in [-0.15, -0.1) is 0 Å². The van der Waals surface area contributed by atoms with Crippen molar-refractivity contribution in [1.82, 2.24) is 14.5 Å². The monoisotopic (exact) mass is 375 g/mol.